The summed E-state index contributed by atoms with van der Waals surface area (Å²) in [6, 6.07) is 2.23. The van der Waals surface area contributed by atoms with E-state index in [4.69, 9.17) is 64.8 Å². The van der Waals surface area contributed by atoms with Gasteiger partial charge in [0.15, 0.2) is 0 Å². The Morgan fingerprint density at radius 1 is 0.340 bits per heavy atom. The van der Waals surface area contributed by atoms with Crippen molar-refractivity contribution in [2.45, 2.75) is 62.3 Å². The van der Waals surface area contributed by atoms with E-state index in [0.29, 0.717) is 72.9 Å². The fourth-order valence-electron chi connectivity index (χ4n) is 3.35. The van der Waals surface area contributed by atoms with Crippen LogP contribution in [0.3, 0.4) is 0 Å². The summed E-state index contributed by atoms with van der Waals surface area (Å²) in [5.74, 6) is 3.29. The largest absolute Gasteiger partial charge is 0.500 e. The van der Waals surface area contributed by atoms with E-state index < -0.39 is 44.0 Å². The zero-order valence-electron chi connectivity index (χ0n) is 33.6. The van der Waals surface area contributed by atoms with Crippen LogP contribution in [-0.2, 0) is 39.2 Å². The average molecular weight is 962 g/mol. The van der Waals surface area contributed by atoms with Crippen LogP contribution in [0, 0.1) is 0 Å². The second-order valence-electron chi connectivity index (χ2n) is 9.30. The molecular formula is C26H76O17S5Si5. The van der Waals surface area contributed by atoms with Crippen LogP contribution >= 0.6 is 63.1 Å². The van der Waals surface area contributed by atoms with Crippen molar-refractivity contribution in [1.82, 2.24) is 0 Å². The minimum atomic E-state index is -3.52. The summed E-state index contributed by atoms with van der Waals surface area (Å²) >= 11 is 20.6. The predicted octanol–water partition coefficient (Wildman–Crippen LogP) is 1.21. The molecule has 0 heterocycles. The molecule has 2 atom stereocenters. The number of aliphatic hydroxyl groups excluding tert-OH is 4. The predicted molar refractivity (Wildman–Crippen MR) is 238 cm³/mol. The lowest BCUT2D eigenvalue weighted by atomic mass is 10.6. The van der Waals surface area contributed by atoms with E-state index in [-0.39, 0.29) is 0 Å². The molecular weight excluding hydrogens is 885 g/mol. The Morgan fingerprint density at radius 3 is 0.811 bits per heavy atom. The maximum Gasteiger partial charge on any atom is 0.500 e. The van der Waals surface area contributed by atoms with E-state index in [1.54, 1.807) is 21.3 Å². The third-order valence-electron chi connectivity index (χ3n) is 6.08. The van der Waals surface area contributed by atoms with Gasteiger partial charge in [0.05, 0.1) is 0 Å². The van der Waals surface area contributed by atoms with E-state index in [1.807, 2.05) is 0 Å². The fraction of sp³-hybridized carbons (Fsp3) is 1.00. The molecule has 27 heteroatoms. The van der Waals surface area contributed by atoms with Gasteiger partial charge in [0, 0.05) is 108 Å². The zero-order chi connectivity index (χ0) is 43.5. The SMILES string of the molecule is CO.CO.CO.CO.CO[Si](CCCS)(OC)OC.CO[Si](O)(CCCS)O[Si](CCCS)(OC)O[Si](O)(CCCS)OC.CO[Si](O)(O)CCCS. The van der Waals surface area contributed by atoms with Gasteiger partial charge in [-0.05, 0) is 60.9 Å². The maximum atomic E-state index is 10.8. The fourth-order valence-corrected chi connectivity index (χ4v) is 18.1. The molecule has 53 heavy (non-hydrogen) atoms. The third-order valence-corrected chi connectivity index (χ3v) is 22.0. The molecule has 0 aliphatic heterocycles. The molecule has 332 valence electrons. The Balaban J connectivity index is -0.000000125. The van der Waals surface area contributed by atoms with Gasteiger partial charge in [-0.25, -0.2) is 0 Å². The molecule has 0 bridgehead atoms. The highest BCUT2D eigenvalue weighted by atomic mass is 32.1. The van der Waals surface area contributed by atoms with E-state index in [2.05, 4.69) is 67.6 Å². The normalized spacial score (nSPS) is 14.0. The lowest BCUT2D eigenvalue weighted by molar-refractivity contribution is 0.0872. The number of thiol groups is 5. The summed E-state index contributed by atoms with van der Waals surface area (Å²) in [6.45, 7) is 0. The molecule has 0 spiro atoms. The molecule has 0 rings (SSSR count). The highest BCUT2D eigenvalue weighted by Gasteiger charge is 2.55. The van der Waals surface area contributed by atoms with Gasteiger partial charge in [-0.1, -0.05) is 0 Å². The van der Waals surface area contributed by atoms with Crippen LogP contribution in [0.25, 0.3) is 0 Å². The van der Waals surface area contributed by atoms with Crippen molar-refractivity contribution < 1.29 is 78.8 Å². The zero-order valence-corrected chi connectivity index (χ0v) is 43.1. The van der Waals surface area contributed by atoms with E-state index >= 15 is 0 Å². The van der Waals surface area contributed by atoms with Crippen LogP contribution in [-0.4, -0.2) is 191 Å². The standard InChI is InChI=1S/C12H32O7S3Si3.C6H16O3SSi.C4H12O3SSi.4CH4O/c1-15-23(13,10-4-7-20)18-25(17-3,12-6-9-22)19-24(14,16-2)11-5-8-21;1-7-11(8-2,9-3)6-4-5-10;1-7-9(5,6)4-2-3-8;4*1-2/h13-14,20-22H,4-12H2,1-3H3;10H,4-6H2,1-3H3;5-6,8H,2-4H2,1H3;4*2H,1H3. The van der Waals surface area contributed by atoms with Gasteiger partial charge in [0.25, 0.3) is 0 Å². The van der Waals surface area contributed by atoms with Gasteiger partial charge in [-0.3, -0.25) is 0 Å². The number of hydrogen-bond donors (Lipinski definition) is 13. The smallest absolute Gasteiger partial charge is 0.400 e. The first-order valence-corrected chi connectivity index (χ1v) is 29.1. The Morgan fingerprint density at radius 2 is 0.585 bits per heavy atom. The Kier molecular flexibility index (Phi) is 63.9. The second kappa shape index (κ2) is 48.5. The van der Waals surface area contributed by atoms with Gasteiger partial charge < -0.3 is 78.8 Å². The van der Waals surface area contributed by atoms with Gasteiger partial charge in [-0.2, -0.15) is 63.1 Å². The molecule has 0 saturated heterocycles. The maximum absolute atomic E-state index is 10.8. The summed E-state index contributed by atoms with van der Waals surface area (Å²) in [6.07, 6.45) is 3.56. The molecule has 0 aliphatic rings. The lowest BCUT2D eigenvalue weighted by Gasteiger charge is -2.38. The highest BCUT2D eigenvalue weighted by Crippen LogP contribution is 2.29. The summed E-state index contributed by atoms with van der Waals surface area (Å²) in [5.41, 5.74) is 0. The second-order valence-corrected chi connectivity index (χ2v) is 25.6. The number of hydrogen-bond acceptors (Lipinski definition) is 22. The lowest BCUT2D eigenvalue weighted by Crippen LogP contribution is -2.62. The molecule has 17 nitrogen and oxygen atoms in total. The van der Waals surface area contributed by atoms with E-state index in [1.165, 1.54) is 28.4 Å². The van der Waals surface area contributed by atoms with Gasteiger partial charge in [0.1, 0.15) is 0 Å². The van der Waals surface area contributed by atoms with Crippen molar-refractivity contribution in [3.63, 3.8) is 0 Å². The molecule has 0 aromatic carbocycles. The summed E-state index contributed by atoms with van der Waals surface area (Å²) in [5, 5.41) is 28.0. The van der Waals surface area contributed by atoms with Crippen molar-refractivity contribution in [3.8, 4) is 0 Å². The molecule has 0 fully saturated rings. The van der Waals surface area contributed by atoms with Crippen molar-refractivity contribution in [2.24, 2.45) is 0 Å². The first kappa shape index (κ1) is 69.8. The monoisotopic (exact) mass is 960 g/mol. The third kappa shape index (κ3) is 40.7. The van der Waals surface area contributed by atoms with Crippen LogP contribution in [0.15, 0.2) is 0 Å². The van der Waals surface area contributed by atoms with Crippen molar-refractivity contribution in [2.75, 3.05) is 107 Å². The van der Waals surface area contributed by atoms with Crippen molar-refractivity contribution >= 4 is 107 Å². The Bertz CT molecular complexity index is 666. The highest BCUT2D eigenvalue weighted by molar-refractivity contribution is 7.80. The Labute approximate surface area is 353 Å². The summed E-state index contributed by atoms with van der Waals surface area (Å²) < 4.78 is 48.2. The summed E-state index contributed by atoms with van der Waals surface area (Å²) in [7, 11) is -1.56. The van der Waals surface area contributed by atoms with Crippen LogP contribution in [0.1, 0.15) is 32.1 Å². The molecule has 0 aliphatic carbocycles. The minimum absolute atomic E-state index is 0.332. The summed E-state index contributed by atoms with van der Waals surface area (Å²) in [4.78, 5) is 39.3. The molecule has 8 N–H and O–H groups in total. The first-order valence-electron chi connectivity index (χ1n) is 16.1. The Hall–Kier alpha value is 2.15. The van der Waals surface area contributed by atoms with Crippen molar-refractivity contribution in [3.05, 3.63) is 0 Å². The molecule has 0 aromatic rings. The molecule has 0 saturated carbocycles. The molecule has 0 radical (unpaired) electrons. The van der Waals surface area contributed by atoms with Crippen molar-refractivity contribution in [1.29, 1.82) is 0 Å². The molecule has 2 unspecified atom stereocenters. The number of aliphatic hydroxyl groups is 4. The van der Waals surface area contributed by atoms with E-state index in [0.717, 1.165) is 46.7 Å². The minimum Gasteiger partial charge on any atom is -0.400 e. The average Bonchev–Trinajstić information content (AvgIpc) is 3.22. The molecule has 0 amide bonds. The van der Waals surface area contributed by atoms with Gasteiger partial charge >= 0.3 is 44.0 Å². The van der Waals surface area contributed by atoms with Crippen LogP contribution in [0.5, 0.6) is 0 Å². The van der Waals surface area contributed by atoms with Gasteiger partial charge in [0.2, 0.25) is 0 Å². The first-order chi connectivity index (χ1) is 25.1. The number of rotatable bonds is 26. The van der Waals surface area contributed by atoms with Crippen LogP contribution in [0.2, 0.25) is 30.2 Å². The van der Waals surface area contributed by atoms with Gasteiger partial charge in [-0.15, -0.1) is 0 Å². The molecule has 0 aromatic heterocycles. The quantitative estimate of drug-likeness (QED) is 0.0431. The van der Waals surface area contributed by atoms with Crippen LogP contribution in [0.4, 0.5) is 0 Å². The van der Waals surface area contributed by atoms with E-state index in [9.17, 15) is 9.59 Å². The topological polar surface area (TPSA) is 245 Å². The van der Waals surface area contributed by atoms with Crippen LogP contribution < -0.4 is 0 Å².